The molecule has 0 spiro atoms. The van der Waals surface area contributed by atoms with Gasteiger partial charge in [0.1, 0.15) is 0 Å². The number of nitrogens with one attached hydrogen (secondary N) is 2. The Balaban J connectivity index is 2.86. The Morgan fingerprint density at radius 2 is 1.68 bits per heavy atom. The third kappa shape index (κ3) is 4.56. The summed E-state index contributed by atoms with van der Waals surface area (Å²) in [6.07, 6.45) is 0. The Bertz CT molecular complexity index is 496. The van der Waals surface area contributed by atoms with Gasteiger partial charge in [0.25, 0.3) is 0 Å². The van der Waals surface area contributed by atoms with Gasteiger partial charge in [-0.15, -0.1) is 0 Å². The number of halogens is 1. The summed E-state index contributed by atoms with van der Waals surface area (Å²) >= 11 is 6.07. The lowest BCUT2D eigenvalue weighted by atomic mass is 10.1. The van der Waals surface area contributed by atoms with Gasteiger partial charge in [-0.3, -0.25) is 9.59 Å². The van der Waals surface area contributed by atoms with Gasteiger partial charge < -0.3 is 10.6 Å². The molecule has 0 bridgehead atoms. The van der Waals surface area contributed by atoms with Gasteiger partial charge in [-0.2, -0.15) is 0 Å². The zero-order chi connectivity index (χ0) is 14.8. The van der Waals surface area contributed by atoms with Crippen molar-refractivity contribution in [3.8, 4) is 0 Å². The molecule has 2 N–H and O–H groups in total. The molecule has 0 fully saturated rings. The van der Waals surface area contributed by atoms with Crippen molar-refractivity contribution in [3.05, 3.63) is 28.3 Å². The quantitative estimate of drug-likeness (QED) is 0.778. The predicted molar refractivity (Wildman–Crippen MR) is 77.5 cm³/mol. The lowest BCUT2D eigenvalue weighted by Crippen LogP contribution is -2.46. The maximum Gasteiger partial charge on any atom is 0.313 e. The molecule has 2 amide bonds. The molecule has 0 aromatic heterocycles. The first-order valence-corrected chi connectivity index (χ1v) is 6.38. The molecule has 104 valence electrons. The van der Waals surface area contributed by atoms with Gasteiger partial charge in [-0.1, -0.05) is 17.7 Å². The van der Waals surface area contributed by atoms with Crippen molar-refractivity contribution < 1.29 is 9.59 Å². The number of aryl methyl sites for hydroxylation is 2. The first-order chi connectivity index (χ1) is 8.60. The van der Waals surface area contributed by atoms with E-state index in [1.165, 1.54) is 0 Å². The highest BCUT2D eigenvalue weighted by atomic mass is 35.5. The first kappa shape index (κ1) is 15.5. The minimum Gasteiger partial charge on any atom is -0.343 e. The van der Waals surface area contributed by atoms with Crippen LogP contribution in [0.1, 0.15) is 31.9 Å². The lowest BCUT2D eigenvalue weighted by molar-refractivity contribution is -0.137. The Morgan fingerprint density at radius 3 is 2.16 bits per heavy atom. The van der Waals surface area contributed by atoms with Gasteiger partial charge >= 0.3 is 11.8 Å². The summed E-state index contributed by atoms with van der Waals surface area (Å²) < 4.78 is 0. The standard InChI is InChI=1S/C14H19ClN2O2/c1-8-6-9(2)11(10(15)7-8)16-12(18)13(19)17-14(3,4)5/h6-7H,1-5H3,(H,16,18)(H,17,19). The van der Waals surface area contributed by atoms with Crippen LogP contribution >= 0.6 is 11.6 Å². The van der Waals surface area contributed by atoms with Gasteiger partial charge in [-0.25, -0.2) is 0 Å². The van der Waals surface area contributed by atoms with Gasteiger partial charge in [0, 0.05) is 5.54 Å². The topological polar surface area (TPSA) is 58.2 Å². The van der Waals surface area contributed by atoms with Crippen molar-refractivity contribution in [1.82, 2.24) is 5.32 Å². The molecule has 1 aromatic carbocycles. The van der Waals surface area contributed by atoms with E-state index < -0.39 is 17.4 Å². The molecule has 4 nitrogen and oxygen atoms in total. The van der Waals surface area contributed by atoms with Gasteiger partial charge in [0.15, 0.2) is 0 Å². The van der Waals surface area contributed by atoms with Crippen molar-refractivity contribution in [1.29, 1.82) is 0 Å². The predicted octanol–water partition coefficient (Wildman–Crippen LogP) is 2.81. The Morgan fingerprint density at radius 1 is 1.11 bits per heavy atom. The zero-order valence-electron chi connectivity index (χ0n) is 11.8. The van der Waals surface area contributed by atoms with Crippen LogP contribution in [-0.4, -0.2) is 17.4 Å². The Hall–Kier alpha value is -1.55. The molecule has 0 aliphatic rings. The van der Waals surface area contributed by atoms with Crippen LogP contribution in [0.25, 0.3) is 0 Å². The monoisotopic (exact) mass is 282 g/mol. The summed E-state index contributed by atoms with van der Waals surface area (Å²) in [5, 5.41) is 5.57. The van der Waals surface area contributed by atoms with E-state index in [0.717, 1.165) is 11.1 Å². The number of rotatable bonds is 1. The summed E-state index contributed by atoms with van der Waals surface area (Å²) in [4.78, 5) is 23.5. The van der Waals surface area contributed by atoms with Crippen molar-refractivity contribution in [2.24, 2.45) is 0 Å². The SMILES string of the molecule is Cc1cc(C)c(NC(=O)C(=O)NC(C)(C)C)c(Cl)c1. The van der Waals surface area contributed by atoms with Crippen molar-refractivity contribution >= 4 is 29.1 Å². The van der Waals surface area contributed by atoms with Gasteiger partial charge in [0.05, 0.1) is 10.7 Å². The largest absolute Gasteiger partial charge is 0.343 e. The number of hydrogen-bond donors (Lipinski definition) is 2. The fourth-order valence-corrected chi connectivity index (χ4v) is 2.01. The molecule has 0 aliphatic heterocycles. The molecule has 0 radical (unpaired) electrons. The zero-order valence-corrected chi connectivity index (χ0v) is 12.6. The van der Waals surface area contributed by atoms with E-state index in [-0.39, 0.29) is 0 Å². The van der Waals surface area contributed by atoms with Crippen LogP contribution in [0.2, 0.25) is 5.02 Å². The van der Waals surface area contributed by atoms with Crippen LogP contribution in [0, 0.1) is 13.8 Å². The van der Waals surface area contributed by atoms with Crippen LogP contribution in [-0.2, 0) is 9.59 Å². The highest BCUT2D eigenvalue weighted by Crippen LogP contribution is 2.27. The van der Waals surface area contributed by atoms with Gasteiger partial charge in [-0.05, 0) is 51.8 Å². The van der Waals surface area contributed by atoms with E-state index in [9.17, 15) is 9.59 Å². The van der Waals surface area contributed by atoms with Crippen molar-refractivity contribution in [3.63, 3.8) is 0 Å². The van der Waals surface area contributed by atoms with E-state index in [1.54, 1.807) is 6.07 Å². The number of amides is 2. The van der Waals surface area contributed by atoms with Crippen LogP contribution in [0.15, 0.2) is 12.1 Å². The molecule has 0 atom stereocenters. The van der Waals surface area contributed by atoms with E-state index in [0.29, 0.717) is 10.7 Å². The molecule has 0 saturated carbocycles. The molecular formula is C14H19ClN2O2. The molecule has 0 heterocycles. The molecule has 0 aliphatic carbocycles. The van der Waals surface area contributed by atoms with Crippen LogP contribution in [0.5, 0.6) is 0 Å². The Kier molecular flexibility index (Phi) is 4.58. The maximum atomic E-state index is 11.8. The minimum atomic E-state index is -0.719. The molecule has 1 aromatic rings. The Labute approximate surface area is 118 Å². The van der Waals surface area contributed by atoms with E-state index >= 15 is 0 Å². The van der Waals surface area contributed by atoms with Crippen molar-refractivity contribution in [2.45, 2.75) is 40.2 Å². The van der Waals surface area contributed by atoms with Crippen LogP contribution < -0.4 is 10.6 Å². The second-order valence-corrected chi connectivity index (χ2v) is 6.00. The van der Waals surface area contributed by atoms with Crippen LogP contribution in [0.3, 0.4) is 0 Å². The number of carbonyl (C=O) groups is 2. The summed E-state index contributed by atoms with van der Waals surface area (Å²) in [7, 11) is 0. The highest BCUT2D eigenvalue weighted by Gasteiger charge is 2.21. The second kappa shape index (κ2) is 5.61. The highest BCUT2D eigenvalue weighted by molar-refractivity contribution is 6.41. The van der Waals surface area contributed by atoms with E-state index in [4.69, 9.17) is 11.6 Å². The summed E-state index contributed by atoms with van der Waals surface area (Å²) in [6.45, 7) is 9.17. The first-order valence-electron chi connectivity index (χ1n) is 6.00. The van der Waals surface area contributed by atoms with Crippen molar-refractivity contribution in [2.75, 3.05) is 5.32 Å². The molecule has 1 rings (SSSR count). The van der Waals surface area contributed by atoms with Gasteiger partial charge in [0.2, 0.25) is 0 Å². The normalized spacial score (nSPS) is 11.1. The lowest BCUT2D eigenvalue weighted by Gasteiger charge is -2.20. The second-order valence-electron chi connectivity index (χ2n) is 5.60. The number of anilines is 1. The fraction of sp³-hybridized carbons (Fsp3) is 0.429. The van der Waals surface area contributed by atoms with E-state index in [2.05, 4.69) is 10.6 Å². The molecule has 19 heavy (non-hydrogen) atoms. The number of carbonyl (C=O) groups excluding carboxylic acids is 2. The third-order valence-electron chi connectivity index (χ3n) is 2.37. The average molecular weight is 283 g/mol. The number of benzene rings is 1. The van der Waals surface area contributed by atoms with E-state index in [1.807, 2.05) is 40.7 Å². The number of hydrogen-bond acceptors (Lipinski definition) is 2. The molecular weight excluding hydrogens is 264 g/mol. The molecule has 0 unspecified atom stereocenters. The molecule has 0 saturated heterocycles. The summed E-state index contributed by atoms with van der Waals surface area (Å²) in [6, 6.07) is 3.63. The van der Waals surface area contributed by atoms with Crippen LogP contribution in [0.4, 0.5) is 5.69 Å². The maximum absolute atomic E-state index is 11.8. The fourth-order valence-electron chi connectivity index (χ4n) is 1.64. The minimum absolute atomic E-state index is 0.425. The average Bonchev–Trinajstić information content (AvgIpc) is 2.20. The summed E-state index contributed by atoms with van der Waals surface area (Å²) in [5.41, 5.74) is 1.84. The molecule has 5 heteroatoms. The summed E-state index contributed by atoms with van der Waals surface area (Å²) in [5.74, 6) is -1.40. The smallest absolute Gasteiger partial charge is 0.313 e. The third-order valence-corrected chi connectivity index (χ3v) is 2.66.